The summed E-state index contributed by atoms with van der Waals surface area (Å²) in [5, 5.41) is 13.4. The third-order valence-corrected chi connectivity index (χ3v) is 6.94. The van der Waals surface area contributed by atoms with Crippen LogP contribution in [0.1, 0.15) is 64.2 Å². The van der Waals surface area contributed by atoms with Crippen LogP contribution in [0.2, 0.25) is 0 Å². The van der Waals surface area contributed by atoms with Gasteiger partial charge in [-0.05, 0) is 104 Å². The lowest BCUT2D eigenvalue weighted by atomic mass is 9.88. The van der Waals surface area contributed by atoms with E-state index in [2.05, 4.69) is 25.2 Å². The first-order valence-electron chi connectivity index (χ1n) is 14.8. The molecule has 1 heterocycles. The van der Waals surface area contributed by atoms with Gasteiger partial charge in [0, 0.05) is 6.54 Å². The zero-order valence-electron chi connectivity index (χ0n) is 25.8. The van der Waals surface area contributed by atoms with Crippen LogP contribution in [0, 0.1) is 5.41 Å². The number of ether oxygens (including phenoxy) is 5. The van der Waals surface area contributed by atoms with Crippen LogP contribution < -0.4 is 24.3 Å². The summed E-state index contributed by atoms with van der Waals surface area (Å²) in [5.41, 5.74) is 4.66. The van der Waals surface area contributed by atoms with Crippen LogP contribution in [-0.2, 0) is 9.53 Å². The number of aliphatic hydroxyl groups excluding tert-OH is 1. The first-order valence-corrected chi connectivity index (χ1v) is 14.8. The van der Waals surface area contributed by atoms with Gasteiger partial charge in [-0.3, -0.25) is 4.79 Å². The molecule has 3 aromatic rings. The number of benzene rings is 3. The highest BCUT2D eigenvalue weighted by Gasteiger charge is 2.23. The van der Waals surface area contributed by atoms with Crippen molar-refractivity contribution in [3.63, 3.8) is 0 Å². The zero-order valence-corrected chi connectivity index (χ0v) is 25.8. The average molecular weight is 590 g/mol. The minimum absolute atomic E-state index is 0.152. The van der Waals surface area contributed by atoms with Crippen molar-refractivity contribution in [1.29, 1.82) is 0 Å². The van der Waals surface area contributed by atoms with Crippen molar-refractivity contribution in [1.82, 2.24) is 5.32 Å². The molecule has 1 unspecified atom stereocenters. The Morgan fingerprint density at radius 1 is 0.884 bits per heavy atom. The normalized spacial score (nSPS) is 13.7. The van der Waals surface area contributed by atoms with E-state index in [1.165, 1.54) is 0 Å². The van der Waals surface area contributed by atoms with Crippen molar-refractivity contribution >= 4 is 17.1 Å². The van der Waals surface area contributed by atoms with Gasteiger partial charge in [0.1, 0.15) is 24.2 Å². The lowest BCUT2D eigenvalue weighted by Gasteiger charge is -2.18. The van der Waals surface area contributed by atoms with Crippen LogP contribution in [0.3, 0.4) is 0 Å². The molecule has 1 atom stereocenters. The second-order valence-corrected chi connectivity index (χ2v) is 11.4. The number of hydrogen-bond acceptors (Lipinski definition) is 8. The Labute approximate surface area is 254 Å². The summed E-state index contributed by atoms with van der Waals surface area (Å²) in [6, 6.07) is 21.7. The summed E-state index contributed by atoms with van der Waals surface area (Å²) >= 11 is 0. The van der Waals surface area contributed by atoms with Crippen molar-refractivity contribution in [2.24, 2.45) is 5.41 Å². The maximum Gasteiger partial charge on any atom is 0.314 e. The fraction of sp³-hybridized carbons (Fsp3) is 0.400. The number of carbonyl (C=O) groups excluding carboxylic acids is 1. The van der Waals surface area contributed by atoms with Crippen LogP contribution in [-0.4, -0.2) is 50.5 Å². The Kier molecular flexibility index (Phi) is 11.1. The van der Waals surface area contributed by atoms with Crippen molar-refractivity contribution < 1.29 is 33.6 Å². The van der Waals surface area contributed by atoms with Gasteiger partial charge >= 0.3 is 5.97 Å². The van der Waals surface area contributed by atoms with Crippen LogP contribution in [0.5, 0.6) is 23.0 Å². The molecule has 0 bridgehead atoms. The van der Waals surface area contributed by atoms with E-state index < -0.39 is 11.5 Å². The summed E-state index contributed by atoms with van der Waals surface area (Å²) in [6.45, 7) is 11.3. The molecular weight excluding hydrogens is 546 g/mol. The predicted molar refractivity (Wildman–Crippen MR) is 167 cm³/mol. The van der Waals surface area contributed by atoms with E-state index in [4.69, 9.17) is 23.7 Å². The summed E-state index contributed by atoms with van der Waals surface area (Å²) in [6.07, 6.45) is 1.20. The Morgan fingerprint density at radius 2 is 1.49 bits per heavy atom. The fourth-order valence-corrected chi connectivity index (χ4v) is 4.62. The second kappa shape index (κ2) is 14.9. The molecular formula is C35H43NO7. The maximum atomic E-state index is 12.1. The van der Waals surface area contributed by atoms with Crippen molar-refractivity contribution in [2.45, 2.75) is 53.6 Å². The quantitative estimate of drug-likeness (QED) is 0.0959. The van der Waals surface area contributed by atoms with Crippen LogP contribution in [0.15, 0.2) is 66.7 Å². The molecule has 0 saturated carbocycles. The molecule has 0 radical (unpaired) electrons. The van der Waals surface area contributed by atoms with E-state index in [1.807, 2.05) is 60.7 Å². The lowest BCUT2D eigenvalue weighted by Crippen LogP contribution is -2.31. The van der Waals surface area contributed by atoms with Gasteiger partial charge in [0.2, 0.25) is 13.6 Å². The Hall–Kier alpha value is -4.01. The molecule has 0 saturated heterocycles. The molecule has 8 nitrogen and oxygen atoms in total. The predicted octanol–water partition coefficient (Wildman–Crippen LogP) is 6.45. The average Bonchev–Trinajstić information content (AvgIpc) is 3.47. The molecule has 4 rings (SSSR count). The van der Waals surface area contributed by atoms with Gasteiger partial charge in [-0.15, -0.1) is 0 Å². The molecule has 1 aliphatic heterocycles. The van der Waals surface area contributed by atoms with Crippen molar-refractivity contribution in [2.75, 3.05) is 33.3 Å². The maximum absolute atomic E-state index is 12.1. The van der Waals surface area contributed by atoms with E-state index in [0.717, 1.165) is 58.7 Å². The summed E-state index contributed by atoms with van der Waals surface area (Å²) in [7, 11) is 0. The lowest BCUT2D eigenvalue weighted by molar-refractivity contribution is -0.159. The SMILES string of the molecule is CCCNCC(O)COc1ccc(/C(=C(/CC)c2ccc3c(c2)OCO3)c2ccc(OCOC(=O)C(C)(C)C)cc2)cc1. The summed E-state index contributed by atoms with van der Waals surface area (Å²) in [4.78, 5) is 12.1. The number of carbonyl (C=O) groups is 1. The van der Waals surface area contributed by atoms with Crippen LogP contribution in [0.4, 0.5) is 0 Å². The molecule has 0 spiro atoms. The molecule has 0 fully saturated rings. The molecule has 230 valence electrons. The van der Waals surface area contributed by atoms with Crippen molar-refractivity contribution in [3.05, 3.63) is 83.4 Å². The number of allylic oxidation sites excluding steroid dienone is 1. The third kappa shape index (κ3) is 8.75. The fourth-order valence-electron chi connectivity index (χ4n) is 4.62. The third-order valence-electron chi connectivity index (χ3n) is 6.94. The Balaban J connectivity index is 1.59. The number of esters is 1. The number of aliphatic hydroxyl groups is 1. The van der Waals surface area contributed by atoms with E-state index in [-0.39, 0.29) is 26.2 Å². The minimum Gasteiger partial charge on any atom is -0.491 e. The molecule has 3 aromatic carbocycles. The van der Waals surface area contributed by atoms with Gasteiger partial charge in [-0.2, -0.15) is 0 Å². The molecule has 8 heteroatoms. The molecule has 0 amide bonds. The van der Waals surface area contributed by atoms with Gasteiger partial charge in [0.25, 0.3) is 0 Å². The molecule has 0 aromatic heterocycles. The molecule has 2 N–H and O–H groups in total. The van der Waals surface area contributed by atoms with E-state index in [1.54, 1.807) is 20.8 Å². The van der Waals surface area contributed by atoms with Gasteiger partial charge in [0.15, 0.2) is 11.5 Å². The Bertz CT molecular complexity index is 1370. The van der Waals surface area contributed by atoms with Crippen LogP contribution in [0.25, 0.3) is 11.1 Å². The van der Waals surface area contributed by atoms with E-state index >= 15 is 0 Å². The monoisotopic (exact) mass is 589 g/mol. The number of rotatable bonds is 14. The largest absolute Gasteiger partial charge is 0.491 e. The number of hydrogen-bond donors (Lipinski definition) is 2. The van der Waals surface area contributed by atoms with E-state index in [9.17, 15) is 9.90 Å². The highest BCUT2D eigenvalue weighted by Crippen LogP contribution is 2.40. The first-order chi connectivity index (χ1) is 20.7. The molecule has 0 aliphatic carbocycles. The standard InChI is InChI=1S/C35H43NO7/c1-6-18-36-20-27(37)21-39-28-13-8-24(9-14-28)33(30(7-2)26-12-17-31-32(19-26)42-23-41-31)25-10-15-29(16-11-25)40-22-43-34(38)35(3,4)5/h8-17,19,27,36-37H,6-7,18,20-23H2,1-5H3/b33-30+. The van der Waals surface area contributed by atoms with Gasteiger partial charge in [-0.25, -0.2) is 0 Å². The van der Waals surface area contributed by atoms with E-state index in [0.29, 0.717) is 18.0 Å². The van der Waals surface area contributed by atoms with Crippen LogP contribution >= 0.6 is 0 Å². The first kappa shape index (κ1) is 31.9. The van der Waals surface area contributed by atoms with Gasteiger partial charge in [-0.1, -0.05) is 44.2 Å². The smallest absolute Gasteiger partial charge is 0.314 e. The summed E-state index contributed by atoms with van der Waals surface area (Å²) in [5.74, 6) is 2.44. The minimum atomic E-state index is -0.593. The Morgan fingerprint density at radius 3 is 2.09 bits per heavy atom. The van der Waals surface area contributed by atoms with Crippen molar-refractivity contribution in [3.8, 4) is 23.0 Å². The topological polar surface area (TPSA) is 95.5 Å². The number of nitrogens with one attached hydrogen (secondary N) is 1. The molecule has 43 heavy (non-hydrogen) atoms. The highest BCUT2D eigenvalue weighted by atomic mass is 16.7. The zero-order chi connectivity index (χ0) is 30.8. The van der Waals surface area contributed by atoms with Gasteiger partial charge < -0.3 is 34.1 Å². The van der Waals surface area contributed by atoms with Gasteiger partial charge in [0.05, 0.1) is 5.41 Å². The molecule has 1 aliphatic rings. The summed E-state index contributed by atoms with van der Waals surface area (Å²) < 4.78 is 28.0. The second-order valence-electron chi connectivity index (χ2n) is 11.4. The highest BCUT2D eigenvalue weighted by molar-refractivity contribution is 5.99. The number of fused-ring (bicyclic) bond motifs is 1.